The maximum Gasteiger partial charge on any atom is 0.204 e. The SMILES string of the molecule is COc1c(CCC(C)C)c(O)cc2oc3cc(O)c(O)c(CCC(C)C)c3c(=O)c12. The van der Waals surface area contributed by atoms with Gasteiger partial charge in [-0.25, -0.2) is 0 Å². The van der Waals surface area contributed by atoms with Gasteiger partial charge in [0.2, 0.25) is 5.43 Å². The predicted octanol–water partition coefficient (Wildman–Crippen LogP) is 5.25. The predicted molar refractivity (Wildman–Crippen MR) is 118 cm³/mol. The summed E-state index contributed by atoms with van der Waals surface area (Å²) >= 11 is 0. The molecule has 0 spiro atoms. The fourth-order valence-electron chi connectivity index (χ4n) is 3.79. The molecule has 0 bridgehead atoms. The minimum atomic E-state index is -0.344. The van der Waals surface area contributed by atoms with E-state index in [9.17, 15) is 20.1 Å². The molecule has 2 aromatic carbocycles. The molecule has 0 amide bonds. The molecule has 162 valence electrons. The largest absolute Gasteiger partial charge is 0.507 e. The van der Waals surface area contributed by atoms with Gasteiger partial charge in [0.05, 0.1) is 12.5 Å². The second-order valence-electron chi connectivity index (χ2n) is 8.67. The van der Waals surface area contributed by atoms with Crippen LogP contribution in [0.15, 0.2) is 21.3 Å². The Morgan fingerprint density at radius 1 is 0.867 bits per heavy atom. The van der Waals surface area contributed by atoms with Crippen LogP contribution in [0, 0.1) is 11.8 Å². The Bertz CT molecular complexity index is 1140. The van der Waals surface area contributed by atoms with Crippen LogP contribution in [0.4, 0.5) is 0 Å². The van der Waals surface area contributed by atoms with Gasteiger partial charge in [0.25, 0.3) is 0 Å². The van der Waals surface area contributed by atoms with Crippen molar-refractivity contribution in [3.63, 3.8) is 0 Å². The van der Waals surface area contributed by atoms with E-state index >= 15 is 0 Å². The van der Waals surface area contributed by atoms with Crippen LogP contribution in [-0.2, 0) is 12.8 Å². The number of aromatic hydroxyl groups is 3. The molecule has 6 heteroatoms. The Balaban J connectivity index is 2.38. The van der Waals surface area contributed by atoms with Crippen LogP contribution >= 0.6 is 0 Å². The molecule has 1 heterocycles. The van der Waals surface area contributed by atoms with Crippen LogP contribution in [0.25, 0.3) is 21.9 Å². The number of benzene rings is 2. The first-order valence-electron chi connectivity index (χ1n) is 10.4. The second kappa shape index (κ2) is 8.46. The average molecular weight is 414 g/mol. The monoisotopic (exact) mass is 414 g/mol. The first kappa shape index (κ1) is 21.8. The van der Waals surface area contributed by atoms with Gasteiger partial charge in [-0.1, -0.05) is 27.7 Å². The molecule has 0 fully saturated rings. The molecule has 0 unspecified atom stereocenters. The maximum atomic E-state index is 13.6. The highest BCUT2D eigenvalue weighted by Gasteiger charge is 2.23. The second-order valence-corrected chi connectivity index (χ2v) is 8.67. The summed E-state index contributed by atoms with van der Waals surface area (Å²) in [5.74, 6) is 0.430. The first-order valence-corrected chi connectivity index (χ1v) is 10.4. The van der Waals surface area contributed by atoms with E-state index in [1.807, 2.05) is 13.8 Å². The molecule has 0 radical (unpaired) electrons. The Hall–Kier alpha value is -2.89. The van der Waals surface area contributed by atoms with Crippen molar-refractivity contribution in [2.24, 2.45) is 11.8 Å². The molecule has 1 aromatic heterocycles. The van der Waals surface area contributed by atoms with Crippen molar-refractivity contribution in [1.29, 1.82) is 0 Å². The lowest BCUT2D eigenvalue weighted by Gasteiger charge is -2.16. The molecule has 3 N–H and O–H groups in total. The van der Waals surface area contributed by atoms with Gasteiger partial charge in [0.15, 0.2) is 11.5 Å². The third kappa shape index (κ3) is 3.91. The van der Waals surface area contributed by atoms with E-state index in [2.05, 4.69) is 13.8 Å². The number of aryl methyl sites for hydroxylation is 1. The fraction of sp³-hybridized carbons (Fsp3) is 0.458. The molecular weight excluding hydrogens is 384 g/mol. The number of phenols is 3. The molecule has 3 aromatic rings. The van der Waals surface area contributed by atoms with Crippen molar-refractivity contribution in [1.82, 2.24) is 0 Å². The smallest absolute Gasteiger partial charge is 0.204 e. The number of phenolic OH excluding ortho intramolecular Hbond substituents is 3. The summed E-state index contributed by atoms with van der Waals surface area (Å²) in [5, 5.41) is 31.7. The fourth-order valence-corrected chi connectivity index (χ4v) is 3.79. The summed E-state index contributed by atoms with van der Waals surface area (Å²) in [7, 11) is 1.46. The quantitative estimate of drug-likeness (QED) is 0.361. The lowest BCUT2D eigenvalue weighted by Crippen LogP contribution is -2.09. The molecule has 0 saturated heterocycles. The van der Waals surface area contributed by atoms with Crippen molar-refractivity contribution < 1.29 is 24.5 Å². The van der Waals surface area contributed by atoms with Gasteiger partial charge in [0, 0.05) is 23.3 Å². The topological polar surface area (TPSA) is 100 Å². The Labute approximate surface area is 175 Å². The number of hydrogen-bond acceptors (Lipinski definition) is 6. The molecular formula is C24H30O6. The zero-order valence-corrected chi connectivity index (χ0v) is 18.2. The van der Waals surface area contributed by atoms with E-state index in [0.717, 1.165) is 12.8 Å². The van der Waals surface area contributed by atoms with Gasteiger partial charge in [-0.15, -0.1) is 0 Å². The third-order valence-corrected chi connectivity index (χ3v) is 5.49. The van der Waals surface area contributed by atoms with Crippen LogP contribution in [0.3, 0.4) is 0 Å². The van der Waals surface area contributed by atoms with E-state index in [1.165, 1.54) is 19.2 Å². The van der Waals surface area contributed by atoms with Crippen molar-refractivity contribution in [3.05, 3.63) is 33.5 Å². The average Bonchev–Trinajstić information content (AvgIpc) is 2.66. The summed E-state index contributed by atoms with van der Waals surface area (Å²) in [5.41, 5.74) is 0.932. The molecule has 6 nitrogen and oxygen atoms in total. The first-order chi connectivity index (χ1) is 14.1. The zero-order valence-electron chi connectivity index (χ0n) is 18.2. The van der Waals surface area contributed by atoms with Gasteiger partial charge in [-0.3, -0.25) is 4.79 Å². The number of rotatable bonds is 7. The summed E-state index contributed by atoms with van der Waals surface area (Å²) in [6.45, 7) is 8.27. The van der Waals surface area contributed by atoms with Gasteiger partial charge in [-0.05, 0) is 37.5 Å². The summed E-state index contributed by atoms with van der Waals surface area (Å²) in [6.07, 6.45) is 2.53. The van der Waals surface area contributed by atoms with Crippen molar-refractivity contribution in [2.45, 2.75) is 53.4 Å². The van der Waals surface area contributed by atoms with Crippen molar-refractivity contribution in [3.8, 4) is 23.0 Å². The molecule has 0 saturated carbocycles. The van der Waals surface area contributed by atoms with Crippen molar-refractivity contribution in [2.75, 3.05) is 7.11 Å². The molecule has 3 rings (SSSR count). The van der Waals surface area contributed by atoms with E-state index in [0.29, 0.717) is 41.6 Å². The summed E-state index contributed by atoms with van der Waals surface area (Å²) < 4.78 is 11.5. The number of methoxy groups -OCH3 is 1. The highest BCUT2D eigenvalue weighted by molar-refractivity contribution is 5.97. The minimum Gasteiger partial charge on any atom is -0.507 e. The van der Waals surface area contributed by atoms with Crippen LogP contribution in [-0.4, -0.2) is 22.4 Å². The molecule has 0 atom stereocenters. The Morgan fingerprint density at radius 2 is 1.40 bits per heavy atom. The minimum absolute atomic E-state index is 0.00512. The van der Waals surface area contributed by atoms with Crippen LogP contribution in [0.2, 0.25) is 0 Å². The maximum absolute atomic E-state index is 13.6. The van der Waals surface area contributed by atoms with Crippen LogP contribution < -0.4 is 10.2 Å². The van der Waals surface area contributed by atoms with Gasteiger partial charge in [-0.2, -0.15) is 0 Å². The van der Waals surface area contributed by atoms with Crippen molar-refractivity contribution >= 4 is 21.9 Å². The van der Waals surface area contributed by atoms with E-state index < -0.39 is 0 Å². The summed E-state index contributed by atoms with van der Waals surface area (Å²) in [6, 6.07) is 2.66. The molecule has 0 aliphatic rings. The third-order valence-electron chi connectivity index (χ3n) is 5.49. The lowest BCUT2D eigenvalue weighted by atomic mass is 9.95. The summed E-state index contributed by atoms with van der Waals surface area (Å²) in [4.78, 5) is 13.6. The van der Waals surface area contributed by atoms with Crippen LogP contribution in [0.1, 0.15) is 51.7 Å². The standard InChI is InChI=1S/C24H30O6/c1-12(2)6-8-14-16(25)10-19-21(24(14)29-5)23(28)20-15(9-7-13(3)4)22(27)17(26)11-18(20)30-19/h10-13,25-27H,6-9H2,1-5H3. The van der Waals surface area contributed by atoms with E-state index in [1.54, 1.807) is 0 Å². The number of ether oxygens (including phenoxy) is 1. The van der Waals surface area contributed by atoms with Gasteiger partial charge >= 0.3 is 0 Å². The number of fused-ring (bicyclic) bond motifs is 2. The van der Waals surface area contributed by atoms with E-state index in [4.69, 9.17) is 9.15 Å². The van der Waals surface area contributed by atoms with E-state index in [-0.39, 0.29) is 44.6 Å². The van der Waals surface area contributed by atoms with Gasteiger partial charge < -0.3 is 24.5 Å². The zero-order chi connectivity index (χ0) is 22.2. The van der Waals surface area contributed by atoms with Gasteiger partial charge in [0.1, 0.15) is 28.1 Å². The lowest BCUT2D eigenvalue weighted by molar-refractivity contribution is 0.397. The molecule has 0 aliphatic heterocycles. The molecule has 30 heavy (non-hydrogen) atoms. The number of hydrogen-bond donors (Lipinski definition) is 3. The Kier molecular flexibility index (Phi) is 6.15. The highest BCUT2D eigenvalue weighted by Crippen LogP contribution is 2.41. The Morgan fingerprint density at radius 3 is 1.97 bits per heavy atom. The molecule has 0 aliphatic carbocycles. The highest BCUT2D eigenvalue weighted by atomic mass is 16.5. The van der Waals surface area contributed by atoms with Crippen LogP contribution in [0.5, 0.6) is 23.0 Å². The normalized spacial score (nSPS) is 11.8.